The molecule has 0 bridgehead atoms. The summed E-state index contributed by atoms with van der Waals surface area (Å²) in [7, 11) is -2.59. The van der Waals surface area contributed by atoms with Crippen molar-refractivity contribution in [1.82, 2.24) is 10.2 Å². The molecule has 0 aromatic heterocycles. The Morgan fingerprint density at radius 3 is 2.09 bits per heavy atom. The summed E-state index contributed by atoms with van der Waals surface area (Å²) in [6, 6.07) is 19.7. The molecule has 9 nitrogen and oxygen atoms in total. The number of anilines is 1. The van der Waals surface area contributed by atoms with Gasteiger partial charge in [0.2, 0.25) is 11.8 Å². The Hall–Kier alpha value is -4.05. The van der Waals surface area contributed by atoms with E-state index in [0.29, 0.717) is 30.2 Å². The molecule has 45 heavy (non-hydrogen) atoms. The van der Waals surface area contributed by atoms with Gasteiger partial charge in [-0.15, -0.1) is 0 Å². The normalized spacial score (nSPS) is 14.3. The summed E-state index contributed by atoms with van der Waals surface area (Å²) in [6.45, 7) is 5.73. The van der Waals surface area contributed by atoms with Crippen LogP contribution in [-0.4, -0.2) is 57.5 Å². The quantitative estimate of drug-likeness (QED) is 0.238. The molecule has 0 heterocycles. The van der Waals surface area contributed by atoms with Crippen LogP contribution in [-0.2, 0) is 26.2 Å². The van der Waals surface area contributed by atoms with E-state index < -0.39 is 28.5 Å². The molecule has 1 saturated carbocycles. The van der Waals surface area contributed by atoms with E-state index in [0.717, 1.165) is 47.5 Å². The predicted molar refractivity (Wildman–Crippen MR) is 176 cm³/mol. The summed E-state index contributed by atoms with van der Waals surface area (Å²) in [4.78, 5) is 29.6. The Kier molecular flexibility index (Phi) is 11.9. The van der Waals surface area contributed by atoms with Crippen LogP contribution in [0.1, 0.15) is 63.5 Å². The van der Waals surface area contributed by atoms with Crippen molar-refractivity contribution in [1.29, 1.82) is 0 Å². The van der Waals surface area contributed by atoms with Crippen LogP contribution in [0.3, 0.4) is 0 Å². The van der Waals surface area contributed by atoms with Gasteiger partial charge in [-0.3, -0.25) is 13.9 Å². The molecule has 3 aromatic carbocycles. The Balaban J connectivity index is 1.69. The molecule has 0 unspecified atom stereocenters. The number of nitrogens with zero attached hydrogens (tertiary/aromatic N) is 2. The van der Waals surface area contributed by atoms with Gasteiger partial charge in [-0.05, 0) is 87.2 Å². The number of ether oxygens (including phenoxy) is 2. The van der Waals surface area contributed by atoms with E-state index in [9.17, 15) is 18.0 Å². The highest BCUT2D eigenvalue weighted by atomic mass is 32.2. The summed E-state index contributed by atoms with van der Waals surface area (Å²) < 4.78 is 40.2. The second kappa shape index (κ2) is 15.8. The second-order valence-electron chi connectivity index (χ2n) is 11.4. The standard InChI is InChI=1S/C35H45N3O6S/c1-5-33(35(40)36-28-10-8-7-9-11-28)37(24-27-14-18-30(43-4)19-15-27)34(39)25-38(29-16-12-26(3)13-17-29)45(41,42)32-22-20-31(21-23-32)44-6-2/h12-23,28,33H,5-11,24-25H2,1-4H3,(H,36,40)/t33-/m1/s1. The molecule has 242 valence electrons. The number of hydrogen-bond acceptors (Lipinski definition) is 6. The topological polar surface area (TPSA) is 105 Å². The first-order chi connectivity index (χ1) is 21.7. The van der Waals surface area contributed by atoms with Gasteiger partial charge in [0, 0.05) is 12.6 Å². The molecule has 0 aliphatic heterocycles. The maximum Gasteiger partial charge on any atom is 0.264 e. The average molecular weight is 636 g/mol. The van der Waals surface area contributed by atoms with Gasteiger partial charge >= 0.3 is 0 Å². The predicted octanol–water partition coefficient (Wildman–Crippen LogP) is 5.85. The van der Waals surface area contributed by atoms with Crippen LogP contribution < -0.4 is 19.1 Å². The highest BCUT2D eigenvalue weighted by Gasteiger charge is 2.34. The SMILES string of the molecule is CCOc1ccc(S(=O)(=O)N(CC(=O)N(Cc2ccc(OC)cc2)[C@H](CC)C(=O)NC2CCCCC2)c2ccc(C)cc2)cc1. The fourth-order valence-electron chi connectivity index (χ4n) is 5.63. The van der Waals surface area contributed by atoms with Crippen molar-refractivity contribution < 1.29 is 27.5 Å². The molecule has 1 N–H and O–H groups in total. The van der Waals surface area contributed by atoms with Gasteiger partial charge in [0.25, 0.3) is 10.0 Å². The number of rotatable bonds is 14. The largest absolute Gasteiger partial charge is 0.497 e. The maximum atomic E-state index is 14.3. The lowest BCUT2D eigenvalue weighted by atomic mass is 9.95. The zero-order chi connectivity index (χ0) is 32.4. The lowest BCUT2D eigenvalue weighted by Crippen LogP contribution is -2.54. The molecule has 2 amide bonds. The van der Waals surface area contributed by atoms with Crippen molar-refractivity contribution in [2.75, 3.05) is 24.6 Å². The molecular formula is C35H45N3O6S. The van der Waals surface area contributed by atoms with Crippen molar-refractivity contribution in [2.24, 2.45) is 0 Å². The van der Waals surface area contributed by atoms with E-state index in [1.54, 1.807) is 43.5 Å². The van der Waals surface area contributed by atoms with E-state index in [1.165, 1.54) is 17.0 Å². The summed E-state index contributed by atoms with van der Waals surface area (Å²) in [5.41, 5.74) is 2.10. The number of methoxy groups -OCH3 is 1. The number of hydrogen-bond donors (Lipinski definition) is 1. The number of sulfonamides is 1. The van der Waals surface area contributed by atoms with Crippen LogP contribution in [0.5, 0.6) is 11.5 Å². The van der Waals surface area contributed by atoms with Crippen LogP contribution in [0, 0.1) is 6.92 Å². The molecule has 3 aromatic rings. The number of benzene rings is 3. The summed E-state index contributed by atoms with van der Waals surface area (Å²) in [5, 5.41) is 3.18. The van der Waals surface area contributed by atoms with E-state index in [1.807, 2.05) is 45.0 Å². The zero-order valence-electron chi connectivity index (χ0n) is 26.7. The lowest BCUT2D eigenvalue weighted by Gasteiger charge is -2.34. The summed E-state index contributed by atoms with van der Waals surface area (Å²) in [5.74, 6) is 0.523. The molecule has 1 aliphatic rings. The smallest absolute Gasteiger partial charge is 0.264 e. The third-order valence-electron chi connectivity index (χ3n) is 8.17. The monoisotopic (exact) mass is 635 g/mol. The number of amides is 2. The Morgan fingerprint density at radius 2 is 1.51 bits per heavy atom. The second-order valence-corrected chi connectivity index (χ2v) is 13.3. The molecule has 0 radical (unpaired) electrons. The van der Waals surface area contributed by atoms with Gasteiger partial charge in [-0.1, -0.05) is 56.0 Å². The van der Waals surface area contributed by atoms with Crippen molar-refractivity contribution in [2.45, 2.75) is 82.8 Å². The van der Waals surface area contributed by atoms with Gasteiger partial charge in [0.15, 0.2) is 0 Å². The molecule has 0 spiro atoms. The molecule has 1 atom stereocenters. The van der Waals surface area contributed by atoms with Gasteiger partial charge in [-0.25, -0.2) is 8.42 Å². The lowest BCUT2D eigenvalue weighted by molar-refractivity contribution is -0.140. The highest BCUT2D eigenvalue weighted by molar-refractivity contribution is 7.92. The van der Waals surface area contributed by atoms with Crippen LogP contribution in [0.2, 0.25) is 0 Å². The number of nitrogens with one attached hydrogen (secondary N) is 1. The van der Waals surface area contributed by atoms with Crippen LogP contribution in [0.25, 0.3) is 0 Å². The zero-order valence-corrected chi connectivity index (χ0v) is 27.5. The maximum absolute atomic E-state index is 14.3. The molecule has 10 heteroatoms. The third kappa shape index (κ3) is 8.78. The average Bonchev–Trinajstić information content (AvgIpc) is 3.05. The minimum absolute atomic E-state index is 0.0307. The number of carbonyl (C=O) groups excluding carboxylic acids is 2. The summed E-state index contributed by atoms with van der Waals surface area (Å²) >= 11 is 0. The Bertz CT molecular complexity index is 1500. The number of aryl methyl sites for hydroxylation is 1. The van der Waals surface area contributed by atoms with Gasteiger partial charge in [-0.2, -0.15) is 0 Å². The first-order valence-corrected chi connectivity index (χ1v) is 17.1. The van der Waals surface area contributed by atoms with Crippen molar-refractivity contribution in [3.8, 4) is 11.5 Å². The van der Waals surface area contributed by atoms with Crippen molar-refractivity contribution in [3.63, 3.8) is 0 Å². The van der Waals surface area contributed by atoms with E-state index in [2.05, 4.69) is 5.32 Å². The van der Waals surface area contributed by atoms with Crippen LogP contribution in [0.4, 0.5) is 5.69 Å². The molecular weight excluding hydrogens is 590 g/mol. The number of carbonyl (C=O) groups is 2. The van der Waals surface area contributed by atoms with E-state index >= 15 is 0 Å². The first kappa shape index (κ1) is 33.8. The van der Waals surface area contributed by atoms with Crippen LogP contribution in [0.15, 0.2) is 77.7 Å². The minimum atomic E-state index is -4.17. The van der Waals surface area contributed by atoms with Gasteiger partial charge in [0.1, 0.15) is 24.1 Å². The van der Waals surface area contributed by atoms with Crippen molar-refractivity contribution in [3.05, 3.63) is 83.9 Å². The Labute approximate surface area is 267 Å². The molecule has 4 rings (SSSR count). The van der Waals surface area contributed by atoms with Crippen LogP contribution >= 0.6 is 0 Å². The molecule has 1 fully saturated rings. The van der Waals surface area contributed by atoms with E-state index in [-0.39, 0.29) is 23.4 Å². The van der Waals surface area contributed by atoms with E-state index in [4.69, 9.17) is 9.47 Å². The fraction of sp³-hybridized carbons (Fsp3) is 0.429. The molecule has 1 aliphatic carbocycles. The van der Waals surface area contributed by atoms with Gasteiger partial charge in [0.05, 0.1) is 24.3 Å². The highest BCUT2D eigenvalue weighted by Crippen LogP contribution is 2.27. The van der Waals surface area contributed by atoms with Crippen molar-refractivity contribution >= 4 is 27.5 Å². The van der Waals surface area contributed by atoms with Gasteiger partial charge < -0.3 is 19.7 Å². The minimum Gasteiger partial charge on any atom is -0.497 e. The fourth-order valence-corrected chi connectivity index (χ4v) is 7.05. The third-order valence-corrected chi connectivity index (χ3v) is 9.96. The first-order valence-electron chi connectivity index (χ1n) is 15.7. The summed E-state index contributed by atoms with van der Waals surface area (Å²) in [6.07, 6.45) is 5.47. The molecule has 0 saturated heterocycles. The Morgan fingerprint density at radius 1 is 0.889 bits per heavy atom.